The monoisotopic (exact) mass is 520 g/mol. The minimum atomic E-state index is -0.933. The van der Waals surface area contributed by atoms with Gasteiger partial charge in [-0.15, -0.1) is 0 Å². The number of aromatic nitrogens is 2. The summed E-state index contributed by atoms with van der Waals surface area (Å²) in [7, 11) is 0. The number of carboxylic acid groups (broad SMARTS) is 1. The molecule has 2 N–H and O–H groups in total. The molecule has 0 radical (unpaired) electrons. The number of aromatic carboxylic acids is 1. The lowest BCUT2D eigenvalue weighted by atomic mass is 10.0. The molecule has 2 aromatic heterocycles. The predicted octanol–water partition coefficient (Wildman–Crippen LogP) is 5.66. The molecule has 8 nitrogen and oxygen atoms in total. The number of nitrogens with zero attached hydrogens (tertiary/aromatic N) is 3. The Morgan fingerprint density at radius 2 is 1.76 bits per heavy atom. The van der Waals surface area contributed by atoms with E-state index in [1.165, 1.54) is 5.56 Å². The standard InChI is InChI=1S/C28H32N4O4S/c1-3-35-23-15-19(16-24(36-4-2)26(23)32-11-5-6-12-32)18-31-13-9-21(10-14-31)29-28-30-22-17-20(27(33)34)7-8-25(22)37-28/h5-8,11-12,15-17,21H,3-4,9-10,13-14,18H2,1-2H3,(H,29,30)(H,33,34). The average Bonchev–Trinajstić information content (AvgIpc) is 3.55. The minimum Gasteiger partial charge on any atom is -0.492 e. The zero-order valence-electron chi connectivity index (χ0n) is 21.1. The number of piperidine rings is 1. The first-order valence-corrected chi connectivity index (χ1v) is 13.5. The van der Waals surface area contributed by atoms with E-state index in [-0.39, 0.29) is 5.56 Å². The molecule has 194 valence electrons. The van der Waals surface area contributed by atoms with Gasteiger partial charge in [-0.25, -0.2) is 9.78 Å². The number of anilines is 1. The van der Waals surface area contributed by atoms with E-state index in [1.54, 1.807) is 23.5 Å². The first kappa shape index (κ1) is 25.1. The highest BCUT2D eigenvalue weighted by Gasteiger charge is 2.22. The molecule has 1 fully saturated rings. The number of likely N-dealkylation sites (tertiary alicyclic amines) is 1. The van der Waals surface area contributed by atoms with E-state index in [2.05, 4.69) is 27.3 Å². The molecular weight excluding hydrogens is 488 g/mol. The topological polar surface area (TPSA) is 88.8 Å². The number of thiazole rings is 1. The van der Waals surface area contributed by atoms with Crippen molar-refractivity contribution in [3.05, 3.63) is 66.0 Å². The van der Waals surface area contributed by atoms with Crippen LogP contribution in [-0.2, 0) is 6.54 Å². The molecule has 2 aromatic carbocycles. The summed E-state index contributed by atoms with van der Waals surface area (Å²) in [5, 5.41) is 13.6. The van der Waals surface area contributed by atoms with Crippen LogP contribution in [0.3, 0.4) is 0 Å². The van der Waals surface area contributed by atoms with Crippen LogP contribution in [0.5, 0.6) is 11.5 Å². The summed E-state index contributed by atoms with van der Waals surface area (Å²) in [6, 6.07) is 13.7. The number of carbonyl (C=O) groups is 1. The van der Waals surface area contributed by atoms with Gasteiger partial charge >= 0.3 is 5.97 Å². The van der Waals surface area contributed by atoms with Crippen LogP contribution in [0.4, 0.5) is 5.13 Å². The van der Waals surface area contributed by atoms with Crippen molar-refractivity contribution in [1.29, 1.82) is 0 Å². The Morgan fingerprint density at radius 1 is 1.08 bits per heavy atom. The van der Waals surface area contributed by atoms with Gasteiger partial charge in [-0.05, 0) is 74.7 Å². The minimum absolute atomic E-state index is 0.263. The molecule has 9 heteroatoms. The van der Waals surface area contributed by atoms with Gasteiger partial charge in [0.15, 0.2) is 5.13 Å². The second-order valence-corrected chi connectivity index (χ2v) is 10.1. The molecule has 0 atom stereocenters. The molecule has 1 aliphatic heterocycles. The third-order valence-corrected chi connectivity index (χ3v) is 7.49. The van der Waals surface area contributed by atoms with Gasteiger partial charge in [-0.2, -0.15) is 0 Å². The van der Waals surface area contributed by atoms with Crippen molar-refractivity contribution >= 4 is 32.7 Å². The Bertz CT molecular complexity index is 1330. The van der Waals surface area contributed by atoms with Crippen LogP contribution in [0, 0.1) is 0 Å². The molecule has 0 bridgehead atoms. The number of hydrogen-bond acceptors (Lipinski definition) is 7. The number of carboxylic acids is 1. The van der Waals surface area contributed by atoms with Gasteiger partial charge in [0.1, 0.15) is 17.2 Å². The number of rotatable bonds is 10. The van der Waals surface area contributed by atoms with Gasteiger partial charge in [0.05, 0.1) is 29.0 Å². The van der Waals surface area contributed by atoms with Crippen molar-refractivity contribution in [2.75, 3.05) is 31.6 Å². The Hall–Kier alpha value is -3.56. The van der Waals surface area contributed by atoms with E-state index in [9.17, 15) is 9.90 Å². The first-order chi connectivity index (χ1) is 18.0. The summed E-state index contributed by atoms with van der Waals surface area (Å²) in [5.41, 5.74) is 3.10. The van der Waals surface area contributed by atoms with Crippen LogP contribution in [0.15, 0.2) is 54.9 Å². The fraction of sp³-hybridized carbons (Fsp3) is 0.357. The molecule has 0 amide bonds. The van der Waals surface area contributed by atoms with Gasteiger partial charge < -0.3 is 24.5 Å². The normalized spacial score (nSPS) is 14.6. The maximum Gasteiger partial charge on any atom is 0.335 e. The highest BCUT2D eigenvalue weighted by atomic mass is 32.1. The average molecular weight is 521 g/mol. The maximum absolute atomic E-state index is 11.2. The fourth-order valence-electron chi connectivity index (χ4n) is 4.79. The van der Waals surface area contributed by atoms with Crippen LogP contribution in [0.25, 0.3) is 15.9 Å². The predicted molar refractivity (Wildman–Crippen MR) is 147 cm³/mol. The molecule has 4 aromatic rings. The molecule has 0 spiro atoms. The number of benzene rings is 2. The summed E-state index contributed by atoms with van der Waals surface area (Å²) < 4.78 is 15.1. The lowest BCUT2D eigenvalue weighted by Crippen LogP contribution is -2.38. The second-order valence-electron chi connectivity index (χ2n) is 9.10. The van der Waals surface area contributed by atoms with E-state index in [0.29, 0.717) is 19.3 Å². The summed E-state index contributed by atoms with van der Waals surface area (Å²) >= 11 is 1.57. The van der Waals surface area contributed by atoms with E-state index in [1.807, 2.05) is 49.0 Å². The van der Waals surface area contributed by atoms with Crippen molar-refractivity contribution in [2.45, 2.75) is 39.3 Å². The Balaban J connectivity index is 1.24. The first-order valence-electron chi connectivity index (χ1n) is 12.7. The summed E-state index contributed by atoms with van der Waals surface area (Å²) in [5.74, 6) is 0.731. The Kier molecular flexibility index (Phi) is 7.62. The molecule has 0 aliphatic carbocycles. The summed E-state index contributed by atoms with van der Waals surface area (Å²) in [6.45, 7) is 7.95. The summed E-state index contributed by atoms with van der Waals surface area (Å²) in [4.78, 5) is 18.3. The molecular formula is C28H32N4O4S. The number of nitrogens with one attached hydrogen (secondary N) is 1. The third-order valence-electron chi connectivity index (χ3n) is 6.52. The third kappa shape index (κ3) is 5.73. The Morgan fingerprint density at radius 3 is 2.38 bits per heavy atom. The van der Waals surface area contributed by atoms with Crippen molar-refractivity contribution in [1.82, 2.24) is 14.5 Å². The smallest absolute Gasteiger partial charge is 0.335 e. The molecule has 5 rings (SSSR count). The molecule has 37 heavy (non-hydrogen) atoms. The maximum atomic E-state index is 11.2. The SMILES string of the molecule is CCOc1cc(CN2CCC(Nc3nc4cc(C(=O)O)ccc4s3)CC2)cc(OCC)c1-n1cccc1. The van der Waals surface area contributed by atoms with Gasteiger partial charge in [0.2, 0.25) is 0 Å². The Labute approximate surface area is 220 Å². The van der Waals surface area contributed by atoms with Gasteiger partial charge in [-0.1, -0.05) is 11.3 Å². The highest BCUT2D eigenvalue weighted by Crippen LogP contribution is 2.36. The molecule has 3 heterocycles. The number of fused-ring (bicyclic) bond motifs is 1. The van der Waals surface area contributed by atoms with Crippen molar-refractivity contribution < 1.29 is 19.4 Å². The lowest BCUT2D eigenvalue weighted by Gasteiger charge is -2.32. The quantitative estimate of drug-likeness (QED) is 0.279. The van der Waals surface area contributed by atoms with Gasteiger partial charge in [0, 0.05) is 38.1 Å². The van der Waals surface area contributed by atoms with Gasteiger partial charge in [0.25, 0.3) is 0 Å². The second kappa shape index (κ2) is 11.2. The zero-order chi connectivity index (χ0) is 25.8. The van der Waals surface area contributed by atoms with E-state index in [4.69, 9.17) is 9.47 Å². The number of ether oxygens (including phenoxy) is 2. The van der Waals surface area contributed by atoms with Crippen LogP contribution < -0.4 is 14.8 Å². The zero-order valence-corrected chi connectivity index (χ0v) is 22.0. The van der Waals surface area contributed by atoms with E-state index < -0.39 is 5.97 Å². The largest absolute Gasteiger partial charge is 0.492 e. The van der Waals surface area contributed by atoms with E-state index >= 15 is 0 Å². The number of hydrogen-bond donors (Lipinski definition) is 2. The van der Waals surface area contributed by atoms with Crippen LogP contribution in [-0.4, -0.2) is 57.9 Å². The van der Waals surface area contributed by atoms with E-state index in [0.717, 1.165) is 65.0 Å². The molecule has 1 aliphatic rings. The van der Waals surface area contributed by atoms with Crippen LogP contribution >= 0.6 is 11.3 Å². The lowest BCUT2D eigenvalue weighted by molar-refractivity contribution is 0.0697. The van der Waals surface area contributed by atoms with Crippen LogP contribution in [0.2, 0.25) is 0 Å². The van der Waals surface area contributed by atoms with Crippen LogP contribution in [0.1, 0.15) is 42.6 Å². The van der Waals surface area contributed by atoms with Crippen molar-refractivity contribution in [2.24, 2.45) is 0 Å². The molecule has 0 unspecified atom stereocenters. The summed E-state index contributed by atoms with van der Waals surface area (Å²) in [6.07, 6.45) is 6.03. The fourth-order valence-corrected chi connectivity index (χ4v) is 5.71. The highest BCUT2D eigenvalue weighted by molar-refractivity contribution is 7.22. The van der Waals surface area contributed by atoms with Gasteiger partial charge in [-0.3, -0.25) is 4.90 Å². The molecule has 1 saturated heterocycles. The molecule has 0 saturated carbocycles. The van der Waals surface area contributed by atoms with Crippen molar-refractivity contribution in [3.8, 4) is 17.2 Å². The van der Waals surface area contributed by atoms with Crippen molar-refractivity contribution in [3.63, 3.8) is 0 Å².